The zero-order valence-electron chi connectivity index (χ0n) is 14.7. The number of aromatic nitrogens is 2. The molecule has 132 valence electrons. The molecule has 0 spiro atoms. The van der Waals surface area contributed by atoms with Gasteiger partial charge in [0.1, 0.15) is 5.75 Å². The molecule has 0 bridgehead atoms. The summed E-state index contributed by atoms with van der Waals surface area (Å²) in [6.45, 7) is 4.37. The fourth-order valence-corrected chi connectivity index (χ4v) is 4.06. The topological polar surface area (TPSA) is 58.2 Å². The van der Waals surface area contributed by atoms with E-state index in [1.807, 2.05) is 30.0 Å². The maximum atomic E-state index is 12.9. The van der Waals surface area contributed by atoms with Crippen LogP contribution in [0, 0.1) is 6.92 Å². The first-order valence-electron chi connectivity index (χ1n) is 9.22. The van der Waals surface area contributed by atoms with Crippen LogP contribution in [0.15, 0.2) is 30.3 Å². The van der Waals surface area contributed by atoms with E-state index >= 15 is 0 Å². The van der Waals surface area contributed by atoms with Crippen molar-refractivity contribution in [3.05, 3.63) is 47.3 Å². The Labute approximate surface area is 148 Å². The van der Waals surface area contributed by atoms with Crippen molar-refractivity contribution >= 4 is 5.91 Å². The molecule has 1 amide bonds. The standard InChI is InChI=1S/C20H25N3O2/c1-14-11-18(22-21-14)16-5-4-9-23(13-16)20(24)12-15-8-10-25-19-7-3-2-6-17(15)19/h2-3,6-7,11,15-16H,4-5,8-10,12-13H2,1H3,(H,21,22). The zero-order chi connectivity index (χ0) is 17.2. The Morgan fingerprint density at radius 1 is 1.36 bits per heavy atom. The van der Waals surface area contributed by atoms with E-state index in [0.29, 0.717) is 18.9 Å². The largest absolute Gasteiger partial charge is 0.493 e. The molecular weight excluding hydrogens is 314 g/mol. The SMILES string of the molecule is Cc1cc(C2CCCN(C(=O)CC3CCOc4ccccc43)C2)n[nH]1. The molecule has 0 saturated carbocycles. The van der Waals surface area contributed by atoms with Gasteiger partial charge in [-0.05, 0) is 49.8 Å². The maximum Gasteiger partial charge on any atom is 0.223 e. The number of H-pyrrole nitrogens is 1. The Morgan fingerprint density at radius 3 is 3.08 bits per heavy atom. The van der Waals surface area contributed by atoms with Gasteiger partial charge in [-0.2, -0.15) is 5.10 Å². The summed E-state index contributed by atoms with van der Waals surface area (Å²) < 4.78 is 5.72. The Hall–Kier alpha value is -2.30. The van der Waals surface area contributed by atoms with Crippen LogP contribution in [0.4, 0.5) is 0 Å². The van der Waals surface area contributed by atoms with Crippen molar-refractivity contribution in [2.75, 3.05) is 19.7 Å². The van der Waals surface area contributed by atoms with Crippen molar-refractivity contribution in [2.45, 2.75) is 44.4 Å². The third-order valence-electron chi connectivity index (χ3n) is 5.42. The first kappa shape index (κ1) is 16.2. The molecule has 5 nitrogen and oxygen atoms in total. The number of aromatic amines is 1. The molecule has 5 heteroatoms. The predicted molar refractivity (Wildman–Crippen MR) is 95.8 cm³/mol. The average molecular weight is 339 g/mol. The number of nitrogens with one attached hydrogen (secondary N) is 1. The van der Waals surface area contributed by atoms with E-state index in [-0.39, 0.29) is 11.8 Å². The highest BCUT2D eigenvalue weighted by molar-refractivity contribution is 5.77. The number of piperidine rings is 1. The molecule has 2 aliphatic rings. The molecule has 4 rings (SSSR count). The highest BCUT2D eigenvalue weighted by atomic mass is 16.5. The highest BCUT2D eigenvalue weighted by Crippen LogP contribution is 2.36. The molecular formula is C20H25N3O2. The predicted octanol–water partition coefficient (Wildman–Crippen LogP) is 3.38. The molecule has 3 heterocycles. The van der Waals surface area contributed by atoms with Gasteiger partial charge in [0.25, 0.3) is 0 Å². The summed E-state index contributed by atoms with van der Waals surface area (Å²) in [5.74, 6) is 1.82. The minimum absolute atomic E-state index is 0.263. The lowest BCUT2D eigenvalue weighted by molar-refractivity contribution is -0.133. The number of likely N-dealkylation sites (tertiary alicyclic amines) is 1. The van der Waals surface area contributed by atoms with Crippen LogP contribution in [0.25, 0.3) is 0 Å². The first-order chi connectivity index (χ1) is 12.2. The Bertz CT molecular complexity index is 755. The molecule has 1 N–H and O–H groups in total. The first-order valence-corrected chi connectivity index (χ1v) is 9.22. The molecule has 0 radical (unpaired) electrons. The summed E-state index contributed by atoms with van der Waals surface area (Å²) in [5.41, 5.74) is 3.35. The lowest BCUT2D eigenvalue weighted by Crippen LogP contribution is -2.40. The number of ether oxygens (including phenoxy) is 1. The fraction of sp³-hybridized carbons (Fsp3) is 0.500. The summed E-state index contributed by atoms with van der Waals surface area (Å²) in [6, 6.07) is 10.2. The van der Waals surface area contributed by atoms with E-state index in [1.165, 1.54) is 5.56 Å². The highest BCUT2D eigenvalue weighted by Gasteiger charge is 2.29. The number of fused-ring (bicyclic) bond motifs is 1. The molecule has 1 fully saturated rings. The smallest absolute Gasteiger partial charge is 0.223 e. The molecule has 1 aromatic heterocycles. The van der Waals surface area contributed by atoms with Gasteiger partial charge in [0.2, 0.25) is 5.91 Å². The minimum atomic E-state index is 0.263. The number of nitrogens with zero attached hydrogens (tertiary/aromatic N) is 2. The van der Waals surface area contributed by atoms with E-state index in [1.54, 1.807) is 0 Å². The van der Waals surface area contributed by atoms with Gasteiger partial charge in [-0.3, -0.25) is 9.89 Å². The van der Waals surface area contributed by atoms with Crippen LogP contribution >= 0.6 is 0 Å². The van der Waals surface area contributed by atoms with Crippen molar-refractivity contribution < 1.29 is 9.53 Å². The number of para-hydroxylation sites is 1. The summed E-state index contributed by atoms with van der Waals surface area (Å²) in [6.07, 6.45) is 3.64. The summed E-state index contributed by atoms with van der Waals surface area (Å²) in [4.78, 5) is 15.0. The normalized spacial score (nSPS) is 23.0. The molecule has 1 aromatic carbocycles. The van der Waals surface area contributed by atoms with Crippen LogP contribution in [0.3, 0.4) is 0 Å². The van der Waals surface area contributed by atoms with Crippen molar-refractivity contribution in [3.8, 4) is 5.75 Å². The van der Waals surface area contributed by atoms with E-state index in [2.05, 4.69) is 22.3 Å². The van der Waals surface area contributed by atoms with E-state index in [4.69, 9.17) is 4.74 Å². The van der Waals surface area contributed by atoms with Gasteiger partial charge in [-0.1, -0.05) is 18.2 Å². The van der Waals surface area contributed by atoms with Crippen LogP contribution in [-0.4, -0.2) is 40.7 Å². The van der Waals surface area contributed by atoms with Gasteiger partial charge in [-0.25, -0.2) is 0 Å². The lowest BCUT2D eigenvalue weighted by atomic mass is 9.89. The second-order valence-electron chi connectivity index (χ2n) is 7.23. The summed E-state index contributed by atoms with van der Waals surface area (Å²) in [5, 5.41) is 7.42. The van der Waals surface area contributed by atoms with Crippen LogP contribution in [0.5, 0.6) is 5.75 Å². The van der Waals surface area contributed by atoms with Crippen molar-refractivity contribution in [1.82, 2.24) is 15.1 Å². The molecule has 1 saturated heterocycles. The minimum Gasteiger partial charge on any atom is -0.493 e. The molecule has 2 aromatic rings. The molecule has 2 atom stereocenters. The van der Waals surface area contributed by atoms with Crippen LogP contribution in [0.1, 0.15) is 54.5 Å². The molecule has 25 heavy (non-hydrogen) atoms. The summed E-state index contributed by atoms with van der Waals surface area (Å²) >= 11 is 0. The van der Waals surface area contributed by atoms with Gasteiger partial charge >= 0.3 is 0 Å². The second-order valence-corrected chi connectivity index (χ2v) is 7.23. The lowest BCUT2D eigenvalue weighted by Gasteiger charge is -2.34. The van der Waals surface area contributed by atoms with E-state index in [9.17, 15) is 4.79 Å². The second kappa shape index (κ2) is 6.90. The fourth-order valence-electron chi connectivity index (χ4n) is 4.06. The summed E-state index contributed by atoms with van der Waals surface area (Å²) in [7, 11) is 0. The number of amides is 1. The molecule has 2 unspecified atom stereocenters. The van der Waals surface area contributed by atoms with Gasteiger partial charge in [0, 0.05) is 31.1 Å². The number of hydrogen-bond acceptors (Lipinski definition) is 3. The number of rotatable bonds is 3. The van der Waals surface area contributed by atoms with Gasteiger partial charge < -0.3 is 9.64 Å². The number of carbonyl (C=O) groups excluding carboxylic acids is 1. The molecule has 2 aliphatic heterocycles. The Balaban J connectivity index is 1.43. The van der Waals surface area contributed by atoms with Crippen molar-refractivity contribution in [1.29, 1.82) is 0 Å². The van der Waals surface area contributed by atoms with Crippen LogP contribution in [0.2, 0.25) is 0 Å². The van der Waals surface area contributed by atoms with E-state index < -0.39 is 0 Å². The van der Waals surface area contributed by atoms with Gasteiger partial charge in [-0.15, -0.1) is 0 Å². The number of benzene rings is 1. The Morgan fingerprint density at radius 2 is 2.24 bits per heavy atom. The number of carbonyl (C=O) groups is 1. The van der Waals surface area contributed by atoms with Crippen LogP contribution in [-0.2, 0) is 4.79 Å². The van der Waals surface area contributed by atoms with E-state index in [0.717, 1.165) is 49.5 Å². The molecule has 0 aliphatic carbocycles. The van der Waals surface area contributed by atoms with Gasteiger partial charge in [0.15, 0.2) is 0 Å². The number of aryl methyl sites for hydroxylation is 1. The van der Waals surface area contributed by atoms with Crippen molar-refractivity contribution in [2.24, 2.45) is 0 Å². The van der Waals surface area contributed by atoms with Crippen molar-refractivity contribution in [3.63, 3.8) is 0 Å². The quantitative estimate of drug-likeness (QED) is 0.932. The zero-order valence-corrected chi connectivity index (χ0v) is 14.7. The monoisotopic (exact) mass is 339 g/mol. The van der Waals surface area contributed by atoms with Crippen LogP contribution < -0.4 is 4.74 Å². The maximum absolute atomic E-state index is 12.9. The third kappa shape index (κ3) is 3.41. The number of hydrogen-bond donors (Lipinski definition) is 1. The Kier molecular flexibility index (Phi) is 4.47. The third-order valence-corrected chi connectivity index (χ3v) is 5.42. The van der Waals surface area contributed by atoms with Gasteiger partial charge in [0.05, 0.1) is 12.3 Å². The average Bonchev–Trinajstić information content (AvgIpc) is 3.09.